The molecule has 22 heavy (non-hydrogen) atoms. The molecule has 0 heterocycles. The number of rotatable bonds is 3. The van der Waals surface area contributed by atoms with Gasteiger partial charge in [-0.05, 0) is 36.4 Å². The highest BCUT2D eigenvalue weighted by atomic mass is 31.1. The molecule has 0 atom stereocenters. The van der Waals surface area contributed by atoms with Crippen molar-refractivity contribution in [2.24, 2.45) is 0 Å². The molecule has 0 nitrogen and oxygen atoms in total. The zero-order valence-electron chi connectivity index (χ0n) is 11.6. The van der Waals surface area contributed by atoms with Crippen molar-refractivity contribution in [1.82, 2.24) is 0 Å². The number of hydrogen-bond donors (Lipinski definition) is 0. The van der Waals surface area contributed by atoms with Gasteiger partial charge in [0.05, 0.1) is 0 Å². The Hall–Kier alpha value is -2.12. The van der Waals surface area contributed by atoms with Gasteiger partial charge in [0.25, 0.3) is 0 Å². The second-order valence-corrected chi connectivity index (χ2v) is 7.18. The molecule has 3 rings (SSSR count). The highest BCUT2D eigenvalue weighted by Crippen LogP contribution is 2.35. The van der Waals surface area contributed by atoms with Gasteiger partial charge in [-0.3, -0.25) is 0 Å². The van der Waals surface area contributed by atoms with Crippen LogP contribution in [0.4, 0.5) is 13.2 Å². The smallest absolute Gasteiger partial charge is 0.165 e. The summed E-state index contributed by atoms with van der Waals surface area (Å²) in [6.07, 6.45) is 0. The molecule has 0 saturated heterocycles. The minimum absolute atomic E-state index is 0.350. The van der Waals surface area contributed by atoms with Crippen LogP contribution in [0.15, 0.2) is 72.8 Å². The quantitative estimate of drug-likeness (QED) is 0.648. The maximum Gasteiger partial charge on any atom is 0.165 e. The normalized spacial score (nSPS) is 10.9. The zero-order chi connectivity index (χ0) is 15.5. The fourth-order valence-electron chi connectivity index (χ4n) is 2.43. The Bertz CT molecular complexity index is 693. The first-order chi connectivity index (χ1) is 10.7. The van der Waals surface area contributed by atoms with Crippen LogP contribution in [0.5, 0.6) is 0 Å². The Balaban J connectivity index is 2.27. The van der Waals surface area contributed by atoms with Gasteiger partial charge in [0.15, 0.2) is 17.5 Å². The van der Waals surface area contributed by atoms with Crippen LogP contribution in [-0.2, 0) is 0 Å². The Labute approximate surface area is 128 Å². The third-order valence-corrected chi connectivity index (χ3v) is 6.26. The van der Waals surface area contributed by atoms with Crippen LogP contribution in [-0.4, -0.2) is 0 Å². The van der Waals surface area contributed by atoms with Gasteiger partial charge in [-0.15, -0.1) is 0 Å². The van der Waals surface area contributed by atoms with Crippen LogP contribution in [0.3, 0.4) is 0 Å². The van der Waals surface area contributed by atoms with Gasteiger partial charge in [-0.1, -0.05) is 36.4 Å². The molecule has 0 N–H and O–H groups in total. The highest BCUT2D eigenvalue weighted by molar-refractivity contribution is 7.79. The summed E-state index contributed by atoms with van der Waals surface area (Å²) in [6, 6.07) is 18.5. The lowest BCUT2D eigenvalue weighted by Crippen LogP contribution is -2.26. The predicted molar refractivity (Wildman–Crippen MR) is 86.4 cm³/mol. The summed E-state index contributed by atoms with van der Waals surface area (Å²) >= 11 is 0. The Morgan fingerprint density at radius 3 is 1.00 bits per heavy atom. The highest BCUT2D eigenvalue weighted by Gasteiger charge is 2.33. The Kier molecular flexibility index (Phi) is 4.26. The number of hydrogen-bond acceptors (Lipinski definition) is 0. The molecule has 0 radical (unpaired) electrons. The molecule has 0 spiro atoms. The first-order valence-electron chi connectivity index (χ1n) is 6.80. The van der Waals surface area contributed by atoms with Crippen molar-refractivity contribution in [3.8, 4) is 0 Å². The molecule has 0 amide bonds. The van der Waals surface area contributed by atoms with Gasteiger partial charge < -0.3 is 0 Å². The molecular formula is C18H13F3P+. The van der Waals surface area contributed by atoms with Crippen molar-refractivity contribution >= 4 is 23.8 Å². The van der Waals surface area contributed by atoms with E-state index in [2.05, 4.69) is 0 Å². The summed E-state index contributed by atoms with van der Waals surface area (Å²) in [7, 11) is -2.09. The molecule has 3 aromatic carbocycles. The lowest BCUT2D eigenvalue weighted by molar-refractivity contribution is 0.632. The molecule has 0 unspecified atom stereocenters. The second-order valence-electron chi connectivity index (χ2n) is 4.81. The predicted octanol–water partition coefficient (Wildman–Crippen LogP) is 3.59. The van der Waals surface area contributed by atoms with Gasteiger partial charge >= 0.3 is 0 Å². The third kappa shape index (κ3) is 2.77. The monoisotopic (exact) mass is 317 g/mol. The van der Waals surface area contributed by atoms with Crippen molar-refractivity contribution in [2.45, 2.75) is 0 Å². The fourth-order valence-corrected chi connectivity index (χ4v) is 5.05. The van der Waals surface area contributed by atoms with E-state index < -0.39 is 25.4 Å². The summed E-state index contributed by atoms with van der Waals surface area (Å²) in [4.78, 5) is 0. The summed E-state index contributed by atoms with van der Waals surface area (Å²) < 4.78 is 42.8. The van der Waals surface area contributed by atoms with E-state index in [9.17, 15) is 13.2 Å². The van der Waals surface area contributed by atoms with E-state index in [1.807, 2.05) is 0 Å². The molecular weight excluding hydrogens is 304 g/mol. The van der Waals surface area contributed by atoms with E-state index in [1.54, 1.807) is 54.6 Å². The van der Waals surface area contributed by atoms with E-state index in [4.69, 9.17) is 0 Å². The van der Waals surface area contributed by atoms with Crippen molar-refractivity contribution in [3.05, 3.63) is 90.2 Å². The zero-order valence-corrected chi connectivity index (χ0v) is 12.6. The maximum absolute atomic E-state index is 14.3. The van der Waals surface area contributed by atoms with Crippen molar-refractivity contribution in [2.75, 3.05) is 0 Å². The molecule has 0 aliphatic rings. The summed E-state index contributed by atoms with van der Waals surface area (Å²) in [5.41, 5.74) is 0. The van der Waals surface area contributed by atoms with Crippen LogP contribution >= 0.6 is 7.92 Å². The van der Waals surface area contributed by atoms with E-state index in [-0.39, 0.29) is 0 Å². The average Bonchev–Trinajstić information content (AvgIpc) is 2.53. The Morgan fingerprint density at radius 2 is 0.727 bits per heavy atom. The van der Waals surface area contributed by atoms with E-state index in [1.165, 1.54) is 18.2 Å². The summed E-state index contributed by atoms with van der Waals surface area (Å²) in [6.45, 7) is 0. The number of halogens is 3. The van der Waals surface area contributed by atoms with Gasteiger partial charge in [-0.25, -0.2) is 13.2 Å². The molecule has 3 aromatic rings. The summed E-state index contributed by atoms with van der Waals surface area (Å²) in [5, 5.41) is 1.05. The molecule has 4 heteroatoms. The maximum atomic E-state index is 14.3. The van der Waals surface area contributed by atoms with Crippen LogP contribution in [0.25, 0.3) is 0 Å². The average molecular weight is 317 g/mol. The van der Waals surface area contributed by atoms with Crippen LogP contribution in [0.2, 0.25) is 0 Å². The second kappa shape index (κ2) is 6.33. The summed E-state index contributed by atoms with van der Waals surface area (Å²) in [5.74, 6) is -1.33. The molecule has 0 aliphatic heterocycles. The third-order valence-electron chi connectivity index (χ3n) is 3.43. The lowest BCUT2D eigenvalue weighted by atomic mass is 10.3. The molecule has 0 saturated carbocycles. The molecule has 0 aromatic heterocycles. The van der Waals surface area contributed by atoms with Gasteiger partial charge in [0.1, 0.15) is 23.8 Å². The largest absolute Gasteiger partial charge is 0.203 e. The van der Waals surface area contributed by atoms with Crippen molar-refractivity contribution < 1.29 is 13.2 Å². The van der Waals surface area contributed by atoms with Crippen LogP contribution in [0, 0.1) is 17.5 Å². The molecule has 0 fully saturated rings. The van der Waals surface area contributed by atoms with Crippen molar-refractivity contribution in [3.63, 3.8) is 0 Å². The van der Waals surface area contributed by atoms with Gasteiger partial charge in [0.2, 0.25) is 0 Å². The Morgan fingerprint density at radius 1 is 0.455 bits per heavy atom. The minimum atomic E-state index is -2.09. The van der Waals surface area contributed by atoms with Crippen molar-refractivity contribution in [1.29, 1.82) is 0 Å². The SMILES string of the molecule is Fc1ccccc1[PH+](c1ccccc1F)c1ccccc1F. The number of benzene rings is 3. The topological polar surface area (TPSA) is 0 Å². The van der Waals surface area contributed by atoms with E-state index in [0.29, 0.717) is 15.9 Å². The van der Waals surface area contributed by atoms with Crippen LogP contribution in [0.1, 0.15) is 0 Å². The molecule has 110 valence electrons. The van der Waals surface area contributed by atoms with Gasteiger partial charge in [-0.2, -0.15) is 0 Å². The van der Waals surface area contributed by atoms with E-state index in [0.717, 1.165) is 0 Å². The minimum Gasteiger partial charge on any atom is -0.203 e. The van der Waals surface area contributed by atoms with Crippen LogP contribution < -0.4 is 15.9 Å². The standard InChI is InChI=1S/C18H12F3P/c19-13-7-1-4-10-16(13)22(17-11-5-2-8-14(17)20)18-12-6-3-9-15(18)21/h1-12H/p+1. The molecule has 0 bridgehead atoms. The fraction of sp³-hybridized carbons (Fsp3) is 0. The lowest BCUT2D eigenvalue weighted by Gasteiger charge is -2.12. The van der Waals surface area contributed by atoms with E-state index >= 15 is 0 Å². The molecule has 0 aliphatic carbocycles. The van der Waals surface area contributed by atoms with Gasteiger partial charge in [0, 0.05) is 0 Å². The first kappa shape index (κ1) is 14.8. The first-order valence-corrected chi connectivity index (χ1v) is 8.30.